The van der Waals surface area contributed by atoms with Crippen molar-refractivity contribution in [3.05, 3.63) is 0 Å². The molecular formula is C16H28N2O3. The molecule has 5 nitrogen and oxygen atoms in total. The van der Waals surface area contributed by atoms with Gasteiger partial charge in [0.2, 0.25) is 5.91 Å². The maximum Gasteiger partial charge on any atom is 0.303 e. The van der Waals surface area contributed by atoms with Crippen LogP contribution >= 0.6 is 0 Å². The SMILES string of the molecule is CC(CC(=O)O)C1CCCN(C(=O)C2CCCCCN2)C1. The van der Waals surface area contributed by atoms with Crippen molar-refractivity contribution < 1.29 is 14.7 Å². The zero-order valence-electron chi connectivity index (χ0n) is 13.0. The van der Waals surface area contributed by atoms with E-state index in [1.165, 1.54) is 6.42 Å². The Morgan fingerprint density at radius 3 is 2.81 bits per heavy atom. The number of likely N-dealkylation sites (tertiary alicyclic amines) is 1. The second-order valence-corrected chi connectivity index (χ2v) is 6.62. The molecule has 2 rings (SSSR count). The smallest absolute Gasteiger partial charge is 0.303 e. The highest BCUT2D eigenvalue weighted by Gasteiger charge is 2.31. The lowest BCUT2D eigenvalue weighted by atomic mass is 9.84. The molecule has 3 atom stereocenters. The number of rotatable bonds is 4. The minimum absolute atomic E-state index is 0.0268. The van der Waals surface area contributed by atoms with Crippen LogP contribution in [0.3, 0.4) is 0 Å². The third-order valence-electron chi connectivity index (χ3n) is 4.93. The lowest BCUT2D eigenvalue weighted by Crippen LogP contribution is -2.50. The highest BCUT2D eigenvalue weighted by molar-refractivity contribution is 5.82. The molecule has 0 aromatic rings. The average Bonchev–Trinajstić information content (AvgIpc) is 2.75. The van der Waals surface area contributed by atoms with Crippen molar-refractivity contribution in [3.63, 3.8) is 0 Å². The summed E-state index contributed by atoms with van der Waals surface area (Å²) < 4.78 is 0. The topological polar surface area (TPSA) is 69.6 Å². The number of amides is 1. The summed E-state index contributed by atoms with van der Waals surface area (Å²) in [7, 11) is 0. The van der Waals surface area contributed by atoms with Gasteiger partial charge in [-0.15, -0.1) is 0 Å². The number of carboxylic acid groups (broad SMARTS) is 1. The van der Waals surface area contributed by atoms with E-state index in [1.807, 2.05) is 11.8 Å². The van der Waals surface area contributed by atoms with Crippen LogP contribution in [0.5, 0.6) is 0 Å². The Morgan fingerprint density at radius 1 is 1.24 bits per heavy atom. The highest BCUT2D eigenvalue weighted by Crippen LogP contribution is 2.27. The van der Waals surface area contributed by atoms with E-state index in [2.05, 4.69) is 5.32 Å². The molecule has 0 spiro atoms. The zero-order chi connectivity index (χ0) is 15.2. The number of carbonyl (C=O) groups excluding carboxylic acids is 1. The molecule has 5 heteroatoms. The lowest BCUT2D eigenvalue weighted by Gasteiger charge is -2.37. The van der Waals surface area contributed by atoms with Gasteiger partial charge in [0.15, 0.2) is 0 Å². The summed E-state index contributed by atoms with van der Waals surface area (Å²) in [4.78, 5) is 25.5. The van der Waals surface area contributed by atoms with Gasteiger partial charge in [-0.05, 0) is 44.1 Å². The molecule has 0 aromatic carbocycles. The van der Waals surface area contributed by atoms with Gasteiger partial charge in [0.05, 0.1) is 6.04 Å². The molecule has 21 heavy (non-hydrogen) atoms. The van der Waals surface area contributed by atoms with Crippen molar-refractivity contribution in [2.45, 2.75) is 57.9 Å². The summed E-state index contributed by atoms with van der Waals surface area (Å²) in [6, 6.07) is -0.0268. The van der Waals surface area contributed by atoms with Gasteiger partial charge in [-0.1, -0.05) is 19.8 Å². The van der Waals surface area contributed by atoms with Gasteiger partial charge in [-0.25, -0.2) is 0 Å². The van der Waals surface area contributed by atoms with Crippen LogP contribution in [0, 0.1) is 11.8 Å². The van der Waals surface area contributed by atoms with E-state index in [9.17, 15) is 9.59 Å². The quantitative estimate of drug-likeness (QED) is 0.831. The van der Waals surface area contributed by atoms with Gasteiger partial charge in [-0.3, -0.25) is 9.59 Å². The molecule has 0 aliphatic carbocycles. The van der Waals surface area contributed by atoms with E-state index in [1.54, 1.807) is 0 Å². The number of hydrogen-bond acceptors (Lipinski definition) is 3. The predicted molar refractivity (Wildman–Crippen MR) is 81.0 cm³/mol. The van der Waals surface area contributed by atoms with E-state index in [4.69, 9.17) is 5.11 Å². The summed E-state index contributed by atoms with van der Waals surface area (Å²) in [6.45, 7) is 4.48. The van der Waals surface area contributed by atoms with Gasteiger partial charge in [0.1, 0.15) is 0 Å². The first kappa shape index (κ1) is 16.3. The molecule has 3 unspecified atom stereocenters. The van der Waals surface area contributed by atoms with Gasteiger partial charge < -0.3 is 15.3 Å². The predicted octanol–water partition coefficient (Wildman–Crippen LogP) is 1.87. The van der Waals surface area contributed by atoms with Gasteiger partial charge in [0.25, 0.3) is 0 Å². The Kier molecular flexibility index (Phi) is 6.03. The number of nitrogens with one attached hydrogen (secondary N) is 1. The first-order valence-electron chi connectivity index (χ1n) is 8.32. The second kappa shape index (κ2) is 7.78. The Morgan fingerprint density at radius 2 is 2.05 bits per heavy atom. The van der Waals surface area contributed by atoms with E-state index in [0.717, 1.165) is 51.7 Å². The maximum absolute atomic E-state index is 12.6. The first-order valence-corrected chi connectivity index (χ1v) is 8.32. The third kappa shape index (κ3) is 4.70. The van der Waals surface area contributed by atoms with Crippen molar-refractivity contribution in [1.29, 1.82) is 0 Å². The molecule has 120 valence electrons. The normalized spacial score (nSPS) is 28.7. The number of aliphatic carboxylic acids is 1. The van der Waals surface area contributed by atoms with Crippen LogP contribution in [0.25, 0.3) is 0 Å². The molecule has 0 radical (unpaired) electrons. The van der Waals surface area contributed by atoms with E-state index in [0.29, 0.717) is 5.92 Å². The summed E-state index contributed by atoms with van der Waals surface area (Å²) in [6.07, 6.45) is 6.65. The standard InChI is InChI=1S/C16H28N2O3/c1-12(10-15(19)20)13-6-5-9-18(11-13)16(21)14-7-3-2-4-8-17-14/h12-14,17H,2-11H2,1H3,(H,19,20). The molecule has 2 heterocycles. The maximum atomic E-state index is 12.6. The van der Waals surface area contributed by atoms with Crippen molar-refractivity contribution in [3.8, 4) is 0 Å². The largest absolute Gasteiger partial charge is 0.481 e. The Hall–Kier alpha value is -1.10. The van der Waals surface area contributed by atoms with Crippen LogP contribution in [0.2, 0.25) is 0 Å². The molecule has 2 N–H and O–H groups in total. The fourth-order valence-corrected chi connectivity index (χ4v) is 3.58. The molecule has 0 saturated carbocycles. The molecule has 2 aliphatic rings. The zero-order valence-corrected chi connectivity index (χ0v) is 13.0. The second-order valence-electron chi connectivity index (χ2n) is 6.62. The highest BCUT2D eigenvalue weighted by atomic mass is 16.4. The van der Waals surface area contributed by atoms with E-state index < -0.39 is 5.97 Å². The molecule has 0 aromatic heterocycles. The molecule has 2 aliphatic heterocycles. The van der Waals surface area contributed by atoms with Gasteiger partial charge >= 0.3 is 5.97 Å². The van der Waals surface area contributed by atoms with E-state index in [-0.39, 0.29) is 24.3 Å². The van der Waals surface area contributed by atoms with Crippen molar-refractivity contribution in [2.75, 3.05) is 19.6 Å². The summed E-state index contributed by atoms with van der Waals surface area (Å²) in [5.74, 6) is -0.0507. The first-order chi connectivity index (χ1) is 10.1. The van der Waals surface area contributed by atoms with Crippen LogP contribution in [0.1, 0.15) is 51.9 Å². The lowest BCUT2D eigenvalue weighted by molar-refractivity contribution is -0.139. The number of piperidine rings is 1. The number of hydrogen-bond donors (Lipinski definition) is 2. The molecule has 0 bridgehead atoms. The van der Waals surface area contributed by atoms with Crippen LogP contribution < -0.4 is 5.32 Å². The summed E-state index contributed by atoms with van der Waals surface area (Å²) >= 11 is 0. The van der Waals surface area contributed by atoms with Crippen LogP contribution in [-0.2, 0) is 9.59 Å². The van der Waals surface area contributed by atoms with Crippen molar-refractivity contribution in [1.82, 2.24) is 10.2 Å². The minimum Gasteiger partial charge on any atom is -0.481 e. The van der Waals surface area contributed by atoms with Crippen LogP contribution in [0.4, 0.5) is 0 Å². The van der Waals surface area contributed by atoms with Crippen molar-refractivity contribution >= 4 is 11.9 Å². The number of carboxylic acids is 1. The molecular weight excluding hydrogens is 268 g/mol. The number of carbonyl (C=O) groups is 2. The fraction of sp³-hybridized carbons (Fsp3) is 0.875. The monoisotopic (exact) mass is 296 g/mol. The average molecular weight is 296 g/mol. The number of nitrogens with zero attached hydrogens (tertiary/aromatic N) is 1. The fourth-order valence-electron chi connectivity index (χ4n) is 3.58. The Bertz CT molecular complexity index is 365. The van der Waals surface area contributed by atoms with Gasteiger partial charge in [0, 0.05) is 19.5 Å². The van der Waals surface area contributed by atoms with Crippen molar-refractivity contribution in [2.24, 2.45) is 11.8 Å². The minimum atomic E-state index is -0.739. The third-order valence-corrected chi connectivity index (χ3v) is 4.93. The Balaban J connectivity index is 1.90. The summed E-state index contributed by atoms with van der Waals surface area (Å²) in [5, 5.41) is 12.3. The summed E-state index contributed by atoms with van der Waals surface area (Å²) in [5.41, 5.74) is 0. The molecule has 1 amide bonds. The molecule has 2 saturated heterocycles. The molecule has 2 fully saturated rings. The van der Waals surface area contributed by atoms with Crippen LogP contribution in [0.15, 0.2) is 0 Å². The van der Waals surface area contributed by atoms with Crippen LogP contribution in [-0.4, -0.2) is 47.6 Å². The van der Waals surface area contributed by atoms with Gasteiger partial charge in [-0.2, -0.15) is 0 Å². The van der Waals surface area contributed by atoms with E-state index >= 15 is 0 Å². The Labute approximate surface area is 127 Å².